The van der Waals surface area contributed by atoms with Gasteiger partial charge in [-0.15, -0.1) is 0 Å². The molecule has 0 radical (unpaired) electrons. The lowest BCUT2D eigenvalue weighted by atomic mass is 9.73. The summed E-state index contributed by atoms with van der Waals surface area (Å²) in [5.74, 6) is 1.85. The summed E-state index contributed by atoms with van der Waals surface area (Å²) in [7, 11) is 0. The van der Waals surface area contributed by atoms with Crippen molar-refractivity contribution < 1.29 is 14.3 Å². The third kappa shape index (κ3) is 3.47. The highest BCUT2D eigenvalue weighted by Crippen LogP contribution is 2.46. The first-order valence-corrected chi connectivity index (χ1v) is 11.5. The molecular formula is C23H32N4O3. The highest BCUT2D eigenvalue weighted by atomic mass is 16.5. The van der Waals surface area contributed by atoms with Crippen LogP contribution in [0.1, 0.15) is 32.1 Å². The van der Waals surface area contributed by atoms with Gasteiger partial charge >= 0.3 is 0 Å². The summed E-state index contributed by atoms with van der Waals surface area (Å²) < 4.78 is 5.49. The number of ether oxygens (including phenoxy) is 1. The van der Waals surface area contributed by atoms with E-state index >= 15 is 0 Å². The summed E-state index contributed by atoms with van der Waals surface area (Å²) in [6.45, 7) is 5.51. The fourth-order valence-corrected chi connectivity index (χ4v) is 5.69. The van der Waals surface area contributed by atoms with Crippen LogP contribution in [-0.4, -0.2) is 79.1 Å². The summed E-state index contributed by atoms with van der Waals surface area (Å²) in [5, 5.41) is 0. The Hall–Kier alpha value is -2.15. The Morgan fingerprint density at radius 2 is 1.87 bits per heavy atom. The van der Waals surface area contributed by atoms with Gasteiger partial charge in [0.05, 0.1) is 18.6 Å². The van der Waals surface area contributed by atoms with Gasteiger partial charge in [0.1, 0.15) is 5.82 Å². The zero-order valence-electron chi connectivity index (χ0n) is 17.7. The Bertz CT molecular complexity index is 778. The zero-order valence-corrected chi connectivity index (χ0v) is 17.7. The molecular weight excluding hydrogens is 380 g/mol. The number of nitrogens with zero attached hydrogens (tertiary/aromatic N) is 4. The second kappa shape index (κ2) is 8.17. The van der Waals surface area contributed by atoms with Crippen LogP contribution in [0.15, 0.2) is 24.4 Å². The molecule has 30 heavy (non-hydrogen) atoms. The Balaban J connectivity index is 1.43. The van der Waals surface area contributed by atoms with Crippen LogP contribution in [0.4, 0.5) is 5.82 Å². The fraction of sp³-hybridized carbons (Fsp3) is 0.696. The minimum Gasteiger partial charge on any atom is -0.378 e. The highest BCUT2D eigenvalue weighted by Gasteiger charge is 2.55. The Morgan fingerprint density at radius 1 is 1.03 bits per heavy atom. The normalized spacial score (nSPS) is 29.9. The molecule has 0 N–H and O–H groups in total. The molecule has 1 saturated carbocycles. The van der Waals surface area contributed by atoms with Crippen molar-refractivity contribution in [3.63, 3.8) is 0 Å². The lowest BCUT2D eigenvalue weighted by Crippen LogP contribution is -2.53. The largest absolute Gasteiger partial charge is 0.378 e. The van der Waals surface area contributed by atoms with Gasteiger partial charge < -0.3 is 19.4 Å². The summed E-state index contributed by atoms with van der Waals surface area (Å²) in [4.78, 5) is 37.8. The van der Waals surface area contributed by atoms with E-state index in [9.17, 15) is 9.59 Å². The Kier molecular flexibility index (Phi) is 5.39. The Labute approximate surface area is 178 Å². The molecule has 0 spiro atoms. The molecule has 5 rings (SSSR count). The van der Waals surface area contributed by atoms with Crippen molar-refractivity contribution in [3.05, 3.63) is 24.4 Å². The van der Waals surface area contributed by atoms with Crippen molar-refractivity contribution >= 4 is 17.6 Å². The van der Waals surface area contributed by atoms with Crippen molar-refractivity contribution in [2.45, 2.75) is 32.1 Å². The van der Waals surface area contributed by atoms with Gasteiger partial charge in [0.25, 0.3) is 0 Å². The topological polar surface area (TPSA) is 66.0 Å². The smallest absolute Gasteiger partial charge is 0.231 e. The fourth-order valence-electron chi connectivity index (χ4n) is 5.69. The molecule has 4 aliphatic rings. The predicted molar refractivity (Wildman–Crippen MR) is 113 cm³/mol. The van der Waals surface area contributed by atoms with Gasteiger partial charge in [-0.25, -0.2) is 4.98 Å². The molecule has 0 aromatic carbocycles. The van der Waals surface area contributed by atoms with Crippen LogP contribution >= 0.6 is 0 Å². The van der Waals surface area contributed by atoms with Gasteiger partial charge in [-0.05, 0) is 37.8 Å². The number of carbonyl (C=O) groups excluding carboxylic acids is 2. The molecule has 4 fully saturated rings. The summed E-state index contributed by atoms with van der Waals surface area (Å²) in [6, 6.07) is 5.94. The molecule has 3 saturated heterocycles. The average Bonchev–Trinajstić information content (AvgIpc) is 3.02. The first-order valence-electron chi connectivity index (χ1n) is 11.5. The third-order valence-corrected chi connectivity index (χ3v) is 7.65. The van der Waals surface area contributed by atoms with E-state index < -0.39 is 5.41 Å². The van der Waals surface area contributed by atoms with Gasteiger partial charge in [-0.2, -0.15) is 0 Å². The van der Waals surface area contributed by atoms with Crippen molar-refractivity contribution in [1.29, 1.82) is 0 Å². The average molecular weight is 413 g/mol. The SMILES string of the molecule is O=C(C1CCC1)N1CCC[C@@]2(C(=O)N3CCOCC3)CN(c3ccccn3)C[C@H]2C1. The number of rotatable bonds is 3. The van der Waals surface area contributed by atoms with Crippen LogP contribution in [0.25, 0.3) is 0 Å². The van der Waals surface area contributed by atoms with E-state index in [1.54, 1.807) is 0 Å². The number of likely N-dealkylation sites (tertiary alicyclic amines) is 1. The van der Waals surface area contributed by atoms with E-state index in [1.165, 1.54) is 6.42 Å². The monoisotopic (exact) mass is 412 g/mol. The van der Waals surface area contributed by atoms with E-state index in [0.29, 0.717) is 45.3 Å². The molecule has 0 unspecified atom stereocenters. The number of carbonyl (C=O) groups is 2. The molecule has 4 heterocycles. The number of pyridine rings is 1. The van der Waals surface area contributed by atoms with Crippen LogP contribution in [-0.2, 0) is 14.3 Å². The van der Waals surface area contributed by atoms with Gasteiger partial charge in [0, 0.05) is 57.3 Å². The molecule has 1 aromatic heterocycles. The maximum atomic E-state index is 13.9. The van der Waals surface area contributed by atoms with Crippen LogP contribution in [0.2, 0.25) is 0 Å². The lowest BCUT2D eigenvalue weighted by Gasteiger charge is -2.39. The molecule has 3 aliphatic heterocycles. The maximum absolute atomic E-state index is 13.9. The summed E-state index contributed by atoms with van der Waals surface area (Å²) >= 11 is 0. The minimum atomic E-state index is -0.441. The number of anilines is 1. The van der Waals surface area contributed by atoms with E-state index in [4.69, 9.17) is 4.74 Å². The van der Waals surface area contributed by atoms with Gasteiger partial charge in [0.2, 0.25) is 11.8 Å². The number of morpholine rings is 1. The number of amides is 2. The number of aromatic nitrogens is 1. The van der Waals surface area contributed by atoms with E-state index in [2.05, 4.69) is 14.8 Å². The van der Waals surface area contributed by atoms with Crippen molar-refractivity contribution in [2.75, 3.05) is 57.4 Å². The van der Waals surface area contributed by atoms with Gasteiger partial charge in [0.15, 0.2) is 0 Å². The Morgan fingerprint density at radius 3 is 2.57 bits per heavy atom. The van der Waals surface area contributed by atoms with Crippen LogP contribution in [0, 0.1) is 17.3 Å². The maximum Gasteiger partial charge on any atom is 0.231 e. The van der Waals surface area contributed by atoms with Gasteiger partial charge in [-0.1, -0.05) is 12.5 Å². The second-order valence-corrected chi connectivity index (χ2v) is 9.34. The first-order chi connectivity index (χ1) is 14.7. The second-order valence-electron chi connectivity index (χ2n) is 9.34. The van der Waals surface area contributed by atoms with Crippen LogP contribution < -0.4 is 4.90 Å². The molecule has 0 bridgehead atoms. The summed E-state index contributed by atoms with van der Waals surface area (Å²) in [5.41, 5.74) is -0.441. The van der Waals surface area contributed by atoms with E-state index in [-0.39, 0.29) is 17.7 Å². The molecule has 7 nitrogen and oxygen atoms in total. The number of fused-ring (bicyclic) bond motifs is 1. The zero-order chi connectivity index (χ0) is 20.6. The van der Waals surface area contributed by atoms with Crippen molar-refractivity contribution in [3.8, 4) is 0 Å². The van der Waals surface area contributed by atoms with E-state index in [0.717, 1.165) is 44.6 Å². The molecule has 2 amide bonds. The highest BCUT2D eigenvalue weighted by molar-refractivity contribution is 5.85. The number of hydrogen-bond donors (Lipinski definition) is 0. The van der Waals surface area contributed by atoms with Crippen molar-refractivity contribution in [1.82, 2.24) is 14.8 Å². The molecule has 7 heteroatoms. The molecule has 1 aromatic rings. The van der Waals surface area contributed by atoms with Gasteiger partial charge in [-0.3, -0.25) is 9.59 Å². The minimum absolute atomic E-state index is 0.140. The molecule has 162 valence electrons. The number of hydrogen-bond acceptors (Lipinski definition) is 5. The first kappa shape index (κ1) is 19.8. The predicted octanol–water partition coefficient (Wildman–Crippen LogP) is 1.79. The third-order valence-electron chi connectivity index (χ3n) is 7.65. The van der Waals surface area contributed by atoms with E-state index in [1.807, 2.05) is 29.3 Å². The van der Waals surface area contributed by atoms with Crippen molar-refractivity contribution in [2.24, 2.45) is 17.3 Å². The molecule has 1 aliphatic carbocycles. The quantitative estimate of drug-likeness (QED) is 0.757. The summed E-state index contributed by atoms with van der Waals surface area (Å²) in [6.07, 6.45) is 6.76. The van der Waals surface area contributed by atoms with Crippen LogP contribution in [0.3, 0.4) is 0 Å². The molecule has 2 atom stereocenters. The standard InChI is InChI=1S/C23H32N4O3/c28-21(18-5-3-6-18)26-10-4-8-23(22(29)25-11-13-30-14-12-25)17-27(16-19(23)15-26)20-7-1-2-9-24-20/h1-2,7,9,18-19H,3-6,8,10-17H2/t19-,23-/m1/s1. The van der Waals surface area contributed by atoms with Crippen LogP contribution in [0.5, 0.6) is 0 Å². The lowest BCUT2D eigenvalue weighted by molar-refractivity contribution is -0.149.